The molecule has 0 aliphatic carbocycles. The molecule has 0 aromatic heterocycles. The molecule has 1 aromatic carbocycles. The van der Waals surface area contributed by atoms with E-state index in [-0.39, 0.29) is 12.0 Å². The third kappa shape index (κ3) is 4.45. The van der Waals surface area contributed by atoms with Gasteiger partial charge in [0.1, 0.15) is 0 Å². The molecule has 1 rings (SSSR count). The average molecular weight is 250 g/mol. The van der Waals surface area contributed by atoms with Crippen LogP contribution < -0.4 is 10.6 Å². The lowest BCUT2D eigenvalue weighted by molar-refractivity contribution is 0.0600. The zero-order valence-corrected chi connectivity index (χ0v) is 10.7. The minimum Gasteiger partial charge on any atom is -0.465 e. The van der Waals surface area contributed by atoms with Crippen molar-refractivity contribution in [2.45, 2.75) is 13.3 Å². The van der Waals surface area contributed by atoms with E-state index in [9.17, 15) is 9.59 Å². The summed E-state index contributed by atoms with van der Waals surface area (Å²) in [5, 5.41) is 5.37. The Morgan fingerprint density at radius 2 is 2.06 bits per heavy atom. The van der Waals surface area contributed by atoms with Gasteiger partial charge >= 0.3 is 12.0 Å². The number of hydrogen-bond acceptors (Lipinski definition) is 3. The van der Waals surface area contributed by atoms with Gasteiger partial charge in [0.15, 0.2) is 0 Å². The number of methoxy groups -OCH3 is 1. The van der Waals surface area contributed by atoms with Gasteiger partial charge in [0.25, 0.3) is 0 Å². The minimum atomic E-state index is -0.353. The van der Waals surface area contributed by atoms with Gasteiger partial charge in [-0.15, -0.1) is 0 Å². The number of carbonyl (C=O) groups is 2. The summed E-state index contributed by atoms with van der Waals surface area (Å²) in [4.78, 5) is 22.5. The van der Waals surface area contributed by atoms with Crippen molar-refractivity contribution < 1.29 is 14.3 Å². The first-order chi connectivity index (χ1) is 8.67. The molecule has 0 aliphatic heterocycles. The summed E-state index contributed by atoms with van der Waals surface area (Å²) in [6.45, 7) is 2.99. The zero-order valence-electron chi connectivity index (χ0n) is 10.7. The summed E-state index contributed by atoms with van der Waals surface area (Å²) in [5.41, 5.74) is 1.50. The maximum atomic E-state index is 11.3. The lowest BCUT2D eigenvalue weighted by Gasteiger charge is -2.06. The van der Waals surface area contributed by atoms with E-state index >= 15 is 0 Å². The summed E-state index contributed by atoms with van der Waals surface area (Å²) < 4.78 is 4.65. The van der Waals surface area contributed by atoms with Crippen molar-refractivity contribution in [3.8, 4) is 0 Å². The van der Waals surface area contributed by atoms with Crippen LogP contribution in [0.25, 0.3) is 0 Å². The number of ether oxygens (including phenoxy) is 1. The SMILES string of the molecule is CCNC(=O)NCCc1cccc(C(=O)OC)c1. The highest BCUT2D eigenvalue weighted by Crippen LogP contribution is 2.06. The van der Waals surface area contributed by atoms with Crippen molar-refractivity contribution in [3.05, 3.63) is 35.4 Å². The van der Waals surface area contributed by atoms with Crippen LogP contribution in [0.1, 0.15) is 22.8 Å². The van der Waals surface area contributed by atoms with Crippen molar-refractivity contribution in [1.82, 2.24) is 10.6 Å². The van der Waals surface area contributed by atoms with E-state index in [1.807, 2.05) is 13.0 Å². The Labute approximate surface area is 107 Å². The second kappa shape index (κ2) is 7.32. The number of benzene rings is 1. The molecule has 2 N–H and O–H groups in total. The Balaban J connectivity index is 2.47. The Bertz CT molecular complexity index is 418. The van der Waals surface area contributed by atoms with Gasteiger partial charge in [0.05, 0.1) is 12.7 Å². The van der Waals surface area contributed by atoms with E-state index in [4.69, 9.17) is 0 Å². The van der Waals surface area contributed by atoms with Crippen LogP contribution in [0.3, 0.4) is 0 Å². The number of nitrogens with one attached hydrogen (secondary N) is 2. The molecule has 0 bridgehead atoms. The van der Waals surface area contributed by atoms with Crippen molar-refractivity contribution >= 4 is 12.0 Å². The van der Waals surface area contributed by atoms with Gasteiger partial charge in [-0.3, -0.25) is 0 Å². The van der Waals surface area contributed by atoms with Crippen LogP contribution in [0.15, 0.2) is 24.3 Å². The molecule has 5 nitrogen and oxygen atoms in total. The normalized spacial score (nSPS) is 9.67. The van der Waals surface area contributed by atoms with Gasteiger partial charge < -0.3 is 15.4 Å². The highest BCUT2D eigenvalue weighted by atomic mass is 16.5. The predicted molar refractivity (Wildman–Crippen MR) is 68.6 cm³/mol. The molecule has 0 aliphatic rings. The minimum absolute atomic E-state index is 0.179. The maximum Gasteiger partial charge on any atom is 0.337 e. The van der Waals surface area contributed by atoms with Gasteiger partial charge in [-0.05, 0) is 31.0 Å². The summed E-state index contributed by atoms with van der Waals surface area (Å²) in [5.74, 6) is -0.353. The molecular weight excluding hydrogens is 232 g/mol. The van der Waals surface area contributed by atoms with Gasteiger partial charge in [-0.25, -0.2) is 9.59 Å². The molecule has 0 atom stereocenters. The molecule has 0 fully saturated rings. The van der Waals surface area contributed by atoms with Crippen LogP contribution in [-0.2, 0) is 11.2 Å². The van der Waals surface area contributed by atoms with Crippen LogP contribution in [0.4, 0.5) is 4.79 Å². The molecule has 0 spiro atoms. The third-order valence-corrected chi connectivity index (χ3v) is 2.38. The summed E-state index contributed by atoms with van der Waals surface area (Å²) >= 11 is 0. The molecule has 0 unspecified atom stereocenters. The molecule has 98 valence electrons. The Morgan fingerprint density at radius 1 is 1.28 bits per heavy atom. The van der Waals surface area contributed by atoms with Crippen molar-refractivity contribution in [2.75, 3.05) is 20.2 Å². The molecular formula is C13H18N2O3. The Hall–Kier alpha value is -2.04. The molecule has 0 radical (unpaired) electrons. The van der Waals surface area contributed by atoms with E-state index in [1.54, 1.807) is 18.2 Å². The highest BCUT2D eigenvalue weighted by molar-refractivity contribution is 5.89. The monoisotopic (exact) mass is 250 g/mol. The van der Waals surface area contributed by atoms with Crippen LogP contribution in [0.2, 0.25) is 0 Å². The fourth-order valence-electron chi connectivity index (χ4n) is 1.52. The smallest absolute Gasteiger partial charge is 0.337 e. The quantitative estimate of drug-likeness (QED) is 0.775. The number of amides is 2. The number of urea groups is 1. The number of esters is 1. The lowest BCUT2D eigenvalue weighted by atomic mass is 10.1. The maximum absolute atomic E-state index is 11.3. The highest BCUT2D eigenvalue weighted by Gasteiger charge is 2.05. The van der Waals surface area contributed by atoms with E-state index < -0.39 is 0 Å². The first-order valence-electron chi connectivity index (χ1n) is 5.86. The van der Waals surface area contributed by atoms with Crippen LogP contribution in [-0.4, -0.2) is 32.2 Å². The molecule has 18 heavy (non-hydrogen) atoms. The number of carbonyl (C=O) groups excluding carboxylic acids is 2. The van der Waals surface area contributed by atoms with Crippen molar-refractivity contribution in [3.63, 3.8) is 0 Å². The average Bonchev–Trinajstić information content (AvgIpc) is 2.38. The summed E-state index contributed by atoms with van der Waals surface area (Å²) in [6, 6.07) is 7.00. The standard InChI is InChI=1S/C13H18N2O3/c1-3-14-13(17)15-8-7-10-5-4-6-11(9-10)12(16)18-2/h4-6,9H,3,7-8H2,1-2H3,(H2,14,15,17). The first kappa shape index (κ1) is 14.0. The van der Waals surface area contributed by atoms with E-state index in [2.05, 4.69) is 15.4 Å². The van der Waals surface area contributed by atoms with Crippen LogP contribution in [0, 0.1) is 0 Å². The molecule has 2 amide bonds. The number of hydrogen-bond donors (Lipinski definition) is 2. The molecule has 5 heteroatoms. The fourth-order valence-corrected chi connectivity index (χ4v) is 1.52. The molecule has 0 heterocycles. The van der Waals surface area contributed by atoms with E-state index in [0.29, 0.717) is 25.1 Å². The first-order valence-corrected chi connectivity index (χ1v) is 5.86. The van der Waals surface area contributed by atoms with E-state index in [1.165, 1.54) is 7.11 Å². The Morgan fingerprint density at radius 3 is 2.72 bits per heavy atom. The summed E-state index contributed by atoms with van der Waals surface area (Å²) in [7, 11) is 1.35. The second-order valence-corrected chi connectivity index (χ2v) is 3.73. The molecule has 0 saturated heterocycles. The number of rotatable bonds is 5. The predicted octanol–water partition coefficient (Wildman–Crippen LogP) is 1.33. The zero-order chi connectivity index (χ0) is 13.4. The largest absolute Gasteiger partial charge is 0.465 e. The van der Waals surface area contributed by atoms with E-state index in [0.717, 1.165) is 5.56 Å². The van der Waals surface area contributed by atoms with Crippen molar-refractivity contribution in [1.29, 1.82) is 0 Å². The molecule has 0 saturated carbocycles. The second-order valence-electron chi connectivity index (χ2n) is 3.73. The molecule has 1 aromatic rings. The van der Waals surface area contributed by atoms with Crippen LogP contribution >= 0.6 is 0 Å². The topological polar surface area (TPSA) is 67.4 Å². The summed E-state index contributed by atoms with van der Waals surface area (Å²) in [6.07, 6.45) is 0.669. The van der Waals surface area contributed by atoms with Gasteiger partial charge in [-0.1, -0.05) is 12.1 Å². The fraction of sp³-hybridized carbons (Fsp3) is 0.385. The lowest BCUT2D eigenvalue weighted by Crippen LogP contribution is -2.36. The third-order valence-electron chi connectivity index (χ3n) is 2.38. The Kier molecular flexibility index (Phi) is 5.70. The van der Waals surface area contributed by atoms with Gasteiger partial charge in [-0.2, -0.15) is 0 Å². The van der Waals surface area contributed by atoms with Crippen LogP contribution in [0.5, 0.6) is 0 Å². The van der Waals surface area contributed by atoms with Gasteiger partial charge in [0.2, 0.25) is 0 Å². The van der Waals surface area contributed by atoms with Gasteiger partial charge in [0, 0.05) is 13.1 Å². The van der Waals surface area contributed by atoms with Crippen molar-refractivity contribution in [2.24, 2.45) is 0 Å².